The molecule has 0 saturated carbocycles. The Balaban J connectivity index is 1.58. The number of hydrogen-bond acceptors (Lipinski definition) is 4. The smallest absolute Gasteiger partial charge is 0.124 e. The fraction of sp³-hybridized carbons (Fsp3) is 0.136. The molecule has 2 aromatic heterocycles. The van der Waals surface area contributed by atoms with Crippen molar-refractivity contribution in [3.05, 3.63) is 71.8 Å². The normalized spacial score (nSPS) is 11.5. The number of fused-ring (bicyclic) bond motifs is 2. The Labute approximate surface area is 161 Å². The molecule has 5 rings (SSSR count). The zero-order valence-electron chi connectivity index (χ0n) is 15.2. The van der Waals surface area contributed by atoms with Gasteiger partial charge in [0.2, 0.25) is 0 Å². The highest BCUT2D eigenvalue weighted by Crippen LogP contribution is 2.32. The van der Waals surface area contributed by atoms with E-state index in [0.29, 0.717) is 0 Å². The number of aryl methyl sites for hydroxylation is 2. The van der Waals surface area contributed by atoms with Crippen LogP contribution >= 0.6 is 11.3 Å². The molecule has 0 saturated heterocycles. The molecule has 5 aromatic rings. The minimum Gasteiger partial charge on any atom is -0.236 e. The Morgan fingerprint density at radius 3 is 2.70 bits per heavy atom. The summed E-state index contributed by atoms with van der Waals surface area (Å²) in [6.45, 7) is 4.29. The second kappa shape index (κ2) is 6.28. The predicted molar refractivity (Wildman–Crippen MR) is 112 cm³/mol. The molecule has 0 aliphatic carbocycles. The van der Waals surface area contributed by atoms with Crippen molar-refractivity contribution in [3.63, 3.8) is 0 Å². The molecule has 0 aliphatic rings. The molecule has 27 heavy (non-hydrogen) atoms. The molecule has 4 nitrogen and oxygen atoms in total. The molecule has 132 valence electrons. The molecule has 0 N–H and O–H groups in total. The standard InChI is InChI=1S/C22H18N4S/c1-3-15-8-10-18-21(13-15)27-22(23-18)16-9-11-19(14(2)12-16)26-20-7-5-4-6-17(20)24-25-26/h4-13H,3H2,1-2H3. The molecule has 0 unspecified atom stereocenters. The van der Waals surface area contributed by atoms with Gasteiger partial charge in [0.1, 0.15) is 10.5 Å². The van der Waals surface area contributed by atoms with Crippen molar-refractivity contribution in [3.8, 4) is 16.3 Å². The largest absolute Gasteiger partial charge is 0.236 e. The van der Waals surface area contributed by atoms with Gasteiger partial charge in [0, 0.05) is 5.56 Å². The van der Waals surface area contributed by atoms with Crippen molar-refractivity contribution >= 4 is 32.6 Å². The van der Waals surface area contributed by atoms with E-state index >= 15 is 0 Å². The summed E-state index contributed by atoms with van der Waals surface area (Å²) in [4.78, 5) is 4.83. The summed E-state index contributed by atoms with van der Waals surface area (Å²) < 4.78 is 3.15. The van der Waals surface area contributed by atoms with E-state index in [0.717, 1.165) is 44.8 Å². The predicted octanol–water partition coefficient (Wildman–Crippen LogP) is 5.57. The van der Waals surface area contributed by atoms with E-state index < -0.39 is 0 Å². The Morgan fingerprint density at radius 1 is 0.963 bits per heavy atom. The number of para-hydroxylation sites is 1. The third-order valence-corrected chi connectivity index (χ3v) is 5.95. The van der Waals surface area contributed by atoms with Gasteiger partial charge >= 0.3 is 0 Å². The highest BCUT2D eigenvalue weighted by Gasteiger charge is 2.12. The molecule has 0 amide bonds. The maximum Gasteiger partial charge on any atom is 0.124 e. The summed E-state index contributed by atoms with van der Waals surface area (Å²) >= 11 is 1.75. The number of rotatable bonds is 3. The lowest BCUT2D eigenvalue weighted by atomic mass is 10.1. The van der Waals surface area contributed by atoms with Gasteiger partial charge in [-0.1, -0.05) is 30.3 Å². The van der Waals surface area contributed by atoms with E-state index in [4.69, 9.17) is 4.98 Å². The highest BCUT2D eigenvalue weighted by molar-refractivity contribution is 7.21. The Kier molecular flexibility index (Phi) is 3.76. The van der Waals surface area contributed by atoms with Crippen LogP contribution in [0.15, 0.2) is 60.7 Å². The molecule has 0 bridgehead atoms. The molecule has 0 aliphatic heterocycles. The number of nitrogens with zero attached hydrogens (tertiary/aromatic N) is 4. The van der Waals surface area contributed by atoms with Crippen LogP contribution in [-0.2, 0) is 6.42 Å². The lowest BCUT2D eigenvalue weighted by molar-refractivity contribution is 0.819. The average Bonchev–Trinajstić information content (AvgIpc) is 3.31. The topological polar surface area (TPSA) is 43.6 Å². The summed E-state index contributed by atoms with van der Waals surface area (Å²) in [6, 6.07) is 21.0. The Bertz CT molecular complexity index is 1280. The fourth-order valence-electron chi connectivity index (χ4n) is 3.39. The van der Waals surface area contributed by atoms with Gasteiger partial charge in [0.25, 0.3) is 0 Å². The van der Waals surface area contributed by atoms with Crippen molar-refractivity contribution < 1.29 is 0 Å². The molecule has 5 heteroatoms. The SMILES string of the molecule is CCc1ccc2nc(-c3ccc(-n4nnc5ccccc54)c(C)c3)sc2c1. The van der Waals surface area contributed by atoms with Gasteiger partial charge in [-0.05, 0) is 66.9 Å². The van der Waals surface area contributed by atoms with Crippen LogP contribution in [0.4, 0.5) is 0 Å². The van der Waals surface area contributed by atoms with Crippen LogP contribution in [0.1, 0.15) is 18.1 Å². The van der Waals surface area contributed by atoms with Crippen LogP contribution < -0.4 is 0 Å². The summed E-state index contributed by atoms with van der Waals surface area (Å²) in [5.41, 5.74) is 7.66. The number of thiazole rings is 1. The van der Waals surface area contributed by atoms with Gasteiger partial charge in [-0.25, -0.2) is 9.67 Å². The van der Waals surface area contributed by atoms with E-state index in [2.05, 4.69) is 60.6 Å². The zero-order valence-corrected chi connectivity index (χ0v) is 16.0. The van der Waals surface area contributed by atoms with Gasteiger partial charge in [0.15, 0.2) is 0 Å². The van der Waals surface area contributed by atoms with Crippen molar-refractivity contribution in [2.75, 3.05) is 0 Å². The number of hydrogen-bond donors (Lipinski definition) is 0. The lowest BCUT2D eigenvalue weighted by Crippen LogP contribution is -1.99. The van der Waals surface area contributed by atoms with E-state index in [-0.39, 0.29) is 0 Å². The minimum absolute atomic E-state index is 0.902. The first-order valence-corrected chi connectivity index (χ1v) is 9.86. The van der Waals surface area contributed by atoms with E-state index in [9.17, 15) is 0 Å². The van der Waals surface area contributed by atoms with Crippen molar-refractivity contribution in [1.29, 1.82) is 0 Å². The molecular formula is C22H18N4S. The summed E-state index contributed by atoms with van der Waals surface area (Å²) in [7, 11) is 0. The van der Waals surface area contributed by atoms with Crippen LogP contribution in [-0.4, -0.2) is 20.0 Å². The first-order chi connectivity index (χ1) is 13.2. The maximum absolute atomic E-state index is 4.83. The lowest BCUT2D eigenvalue weighted by Gasteiger charge is -2.08. The second-order valence-electron chi connectivity index (χ2n) is 6.67. The van der Waals surface area contributed by atoms with Crippen molar-refractivity contribution in [1.82, 2.24) is 20.0 Å². The van der Waals surface area contributed by atoms with Gasteiger partial charge in [-0.3, -0.25) is 0 Å². The monoisotopic (exact) mass is 370 g/mol. The zero-order chi connectivity index (χ0) is 18.4. The van der Waals surface area contributed by atoms with Crippen LogP contribution in [0.5, 0.6) is 0 Å². The Morgan fingerprint density at radius 2 is 1.85 bits per heavy atom. The molecule has 0 spiro atoms. The quantitative estimate of drug-likeness (QED) is 0.417. The summed E-state index contributed by atoms with van der Waals surface area (Å²) in [6.07, 6.45) is 1.04. The van der Waals surface area contributed by atoms with Gasteiger partial charge in [-0.15, -0.1) is 16.4 Å². The first-order valence-electron chi connectivity index (χ1n) is 9.04. The van der Waals surface area contributed by atoms with Crippen molar-refractivity contribution in [2.24, 2.45) is 0 Å². The van der Waals surface area contributed by atoms with E-state index in [1.165, 1.54) is 10.3 Å². The van der Waals surface area contributed by atoms with Gasteiger partial charge in [0.05, 0.1) is 21.4 Å². The van der Waals surface area contributed by atoms with Crippen LogP contribution in [0.3, 0.4) is 0 Å². The molecule has 2 heterocycles. The maximum atomic E-state index is 4.83. The molecule has 0 atom stereocenters. The van der Waals surface area contributed by atoms with Crippen LogP contribution in [0.25, 0.3) is 37.5 Å². The fourth-order valence-corrected chi connectivity index (χ4v) is 4.41. The average molecular weight is 370 g/mol. The number of benzene rings is 3. The highest BCUT2D eigenvalue weighted by atomic mass is 32.1. The first kappa shape index (κ1) is 16.1. The summed E-state index contributed by atoms with van der Waals surface area (Å²) in [5, 5.41) is 9.65. The molecule has 0 fully saturated rings. The third-order valence-electron chi connectivity index (χ3n) is 4.88. The van der Waals surface area contributed by atoms with E-state index in [1.807, 2.05) is 28.9 Å². The minimum atomic E-state index is 0.902. The van der Waals surface area contributed by atoms with Gasteiger partial charge in [-0.2, -0.15) is 0 Å². The van der Waals surface area contributed by atoms with Gasteiger partial charge < -0.3 is 0 Å². The van der Waals surface area contributed by atoms with Crippen molar-refractivity contribution in [2.45, 2.75) is 20.3 Å². The molecule has 3 aromatic carbocycles. The molecular weight excluding hydrogens is 352 g/mol. The third kappa shape index (κ3) is 2.71. The second-order valence-corrected chi connectivity index (χ2v) is 7.70. The number of aromatic nitrogens is 4. The summed E-state index contributed by atoms with van der Waals surface area (Å²) in [5.74, 6) is 0. The molecule has 0 radical (unpaired) electrons. The van der Waals surface area contributed by atoms with Crippen LogP contribution in [0, 0.1) is 6.92 Å². The van der Waals surface area contributed by atoms with E-state index in [1.54, 1.807) is 11.3 Å². The Hall–Kier alpha value is -3.05. The van der Waals surface area contributed by atoms with Crippen LogP contribution in [0.2, 0.25) is 0 Å².